The Kier molecular flexibility index (Phi) is 12.7. The lowest BCUT2D eigenvalue weighted by atomic mass is 9.92. The summed E-state index contributed by atoms with van der Waals surface area (Å²) in [5.74, 6) is -5.54. The van der Waals surface area contributed by atoms with Gasteiger partial charge in [-0.2, -0.15) is 4.98 Å². The molecule has 0 unspecified atom stereocenters. The summed E-state index contributed by atoms with van der Waals surface area (Å²) in [6.45, 7) is 6.67. The number of carbonyl (C=O) groups is 7. The van der Waals surface area contributed by atoms with Gasteiger partial charge in [0.1, 0.15) is 31.5 Å². The largest absolute Gasteiger partial charge is 0.463 e. The third-order valence-corrected chi connectivity index (χ3v) is 6.75. The van der Waals surface area contributed by atoms with Crippen LogP contribution in [0.3, 0.4) is 0 Å². The number of esters is 7. The van der Waals surface area contributed by atoms with Gasteiger partial charge in [-0.1, -0.05) is 0 Å². The maximum atomic E-state index is 13.5. The molecule has 2 aliphatic heterocycles. The second-order valence-corrected chi connectivity index (χ2v) is 10.7. The Bertz CT molecular complexity index is 1470. The van der Waals surface area contributed by atoms with E-state index in [1.165, 1.54) is 12.3 Å². The minimum absolute atomic E-state index is 0.177. The molecule has 48 heavy (non-hydrogen) atoms. The van der Waals surface area contributed by atoms with Gasteiger partial charge in [-0.25, -0.2) is 4.79 Å². The van der Waals surface area contributed by atoms with Crippen LogP contribution in [0.5, 0.6) is 0 Å². The van der Waals surface area contributed by atoms with Crippen molar-refractivity contribution in [2.45, 2.75) is 104 Å². The van der Waals surface area contributed by atoms with E-state index >= 15 is 0 Å². The second kappa shape index (κ2) is 16.3. The van der Waals surface area contributed by atoms with E-state index < -0.39 is 116 Å². The van der Waals surface area contributed by atoms with Crippen molar-refractivity contribution in [3.63, 3.8) is 0 Å². The normalized spacial score (nSPS) is 27.9. The van der Waals surface area contributed by atoms with E-state index in [0.29, 0.717) is 0 Å². The molecule has 1 aromatic heterocycles. The van der Waals surface area contributed by atoms with E-state index in [1.807, 2.05) is 0 Å². The Labute approximate surface area is 273 Å². The summed E-state index contributed by atoms with van der Waals surface area (Å²) in [6.07, 6.45) is -11.4. The molecule has 0 radical (unpaired) electrons. The minimum atomic E-state index is -1.54. The van der Waals surface area contributed by atoms with E-state index in [0.717, 1.165) is 53.0 Å². The zero-order valence-electron chi connectivity index (χ0n) is 27.1. The number of ether oxygens (including phenoxy) is 9. The fraction of sp³-hybridized carbons (Fsp3) is 0.621. The van der Waals surface area contributed by atoms with Crippen LogP contribution in [0.4, 0.5) is 0 Å². The molecular weight excluding hydrogens is 648 g/mol. The van der Waals surface area contributed by atoms with E-state index in [-0.39, 0.29) is 5.69 Å². The van der Waals surface area contributed by atoms with Crippen molar-refractivity contribution in [2.75, 3.05) is 13.2 Å². The molecule has 19 heteroatoms. The quantitative estimate of drug-likeness (QED) is 0.208. The smallest absolute Gasteiger partial charge is 0.350 e. The molecule has 9 atom stereocenters. The molecule has 0 aromatic carbocycles. The predicted molar refractivity (Wildman–Crippen MR) is 151 cm³/mol. The number of carbonyl (C=O) groups excluding carboxylic acids is 7. The summed E-state index contributed by atoms with van der Waals surface area (Å²) < 4.78 is 49.8. The molecule has 0 saturated carbocycles. The van der Waals surface area contributed by atoms with Gasteiger partial charge >= 0.3 is 47.5 Å². The monoisotopic (exact) mass is 684 g/mol. The van der Waals surface area contributed by atoms with Crippen molar-refractivity contribution in [3.05, 3.63) is 28.4 Å². The highest BCUT2D eigenvalue weighted by Gasteiger charge is 2.54. The number of aromatic nitrogens is 2. The fourth-order valence-corrected chi connectivity index (χ4v) is 5.16. The minimum Gasteiger partial charge on any atom is -0.463 e. The lowest BCUT2D eigenvalue weighted by molar-refractivity contribution is -0.255. The highest BCUT2D eigenvalue weighted by atomic mass is 16.7. The van der Waals surface area contributed by atoms with Crippen molar-refractivity contribution in [3.8, 4) is 0 Å². The van der Waals surface area contributed by atoms with Gasteiger partial charge in [-0.3, -0.25) is 38.1 Å². The van der Waals surface area contributed by atoms with E-state index in [4.69, 9.17) is 42.6 Å². The number of hydrogen-bond donors (Lipinski definition) is 0. The van der Waals surface area contributed by atoms with Gasteiger partial charge in [0.25, 0.3) is 0 Å². The number of rotatable bonds is 11. The van der Waals surface area contributed by atoms with Crippen molar-refractivity contribution >= 4 is 41.8 Å². The highest BCUT2D eigenvalue weighted by molar-refractivity contribution is 5.69. The average molecular weight is 685 g/mol. The SMILES string of the molecule is CC(=O)OC[C@H]1O[C@@H](c2ccn([C@@H]3O[C@H](COC(C)=O)[C@@H](OC(C)=O)[C@H]3OC(C)=O)c(=O)n2)[C@H](OC(C)=O)[C@@H](OC(C)=O)[C@@H]1OC(C)=O. The van der Waals surface area contributed by atoms with Crippen molar-refractivity contribution < 1.29 is 76.2 Å². The number of nitrogens with zero attached hydrogens (tertiary/aromatic N) is 2. The lowest BCUT2D eigenvalue weighted by Gasteiger charge is -2.44. The molecule has 0 bridgehead atoms. The Morgan fingerprint density at radius 2 is 1.02 bits per heavy atom. The van der Waals surface area contributed by atoms with Gasteiger partial charge in [-0.05, 0) is 6.07 Å². The topological polar surface area (TPSA) is 237 Å². The summed E-state index contributed by atoms with van der Waals surface area (Å²) in [5.41, 5.74) is -1.21. The molecular formula is C29H36N2O17. The Morgan fingerprint density at radius 1 is 0.604 bits per heavy atom. The summed E-state index contributed by atoms with van der Waals surface area (Å²) in [7, 11) is 0. The van der Waals surface area contributed by atoms with Crippen LogP contribution >= 0.6 is 0 Å². The summed E-state index contributed by atoms with van der Waals surface area (Å²) in [6, 6.07) is 1.25. The molecule has 2 saturated heterocycles. The van der Waals surface area contributed by atoms with Crippen molar-refractivity contribution in [1.82, 2.24) is 9.55 Å². The lowest BCUT2D eigenvalue weighted by Crippen LogP contribution is -2.59. The van der Waals surface area contributed by atoms with E-state index in [1.54, 1.807) is 0 Å². The van der Waals surface area contributed by atoms with Gasteiger partial charge in [-0.15, -0.1) is 0 Å². The molecule has 0 amide bonds. The van der Waals surface area contributed by atoms with Crippen LogP contribution in [0.1, 0.15) is 66.5 Å². The Balaban J connectivity index is 2.09. The first-order chi connectivity index (χ1) is 22.5. The van der Waals surface area contributed by atoms with Gasteiger partial charge < -0.3 is 42.6 Å². The standard InChI is InChI=1S/C29H36N2O17/c1-12(32)40-10-20-23(42-14(3)34)26(45-17(6)37)25(44-16(5)36)22(47-20)19-8-9-31(29(39)30-19)28-27(46-18(7)38)24(43-15(4)35)21(48-28)11-41-13(2)33/h8-9,20-28H,10-11H2,1-7H3/t20-,21-,22+,23-,24-,25+,26+,27-,28-/m1/s1. The molecule has 2 fully saturated rings. The summed E-state index contributed by atoms with van der Waals surface area (Å²) >= 11 is 0. The average Bonchev–Trinajstić information content (AvgIpc) is 3.27. The zero-order valence-corrected chi connectivity index (χ0v) is 27.1. The molecule has 1 aromatic rings. The maximum Gasteiger partial charge on any atom is 0.350 e. The second-order valence-electron chi connectivity index (χ2n) is 10.7. The third kappa shape index (κ3) is 9.80. The summed E-state index contributed by atoms with van der Waals surface area (Å²) in [4.78, 5) is 101. The van der Waals surface area contributed by atoms with Crippen LogP contribution < -0.4 is 5.69 Å². The first-order valence-corrected chi connectivity index (χ1v) is 14.5. The van der Waals surface area contributed by atoms with Crippen molar-refractivity contribution in [2.24, 2.45) is 0 Å². The van der Waals surface area contributed by atoms with Crippen LogP contribution in [0.15, 0.2) is 17.1 Å². The van der Waals surface area contributed by atoms with Crippen LogP contribution in [0.25, 0.3) is 0 Å². The van der Waals surface area contributed by atoms with Gasteiger partial charge in [0.2, 0.25) is 0 Å². The molecule has 3 rings (SSSR count). The third-order valence-electron chi connectivity index (χ3n) is 6.75. The van der Waals surface area contributed by atoms with Crippen LogP contribution in [0.2, 0.25) is 0 Å². The molecule has 264 valence electrons. The van der Waals surface area contributed by atoms with Gasteiger partial charge in [0.15, 0.2) is 36.7 Å². The van der Waals surface area contributed by atoms with E-state index in [2.05, 4.69) is 4.98 Å². The summed E-state index contributed by atoms with van der Waals surface area (Å²) in [5, 5.41) is 0. The molecule has 3 heterocycles. The van der Waals surface area contributed by atoms with Crippen molar-refractivity contribution in [1.29, 1.82) is 0 Å². The Hall–Kier alpha value is -4.91. The molecule has 19 nitrogen and oxygen atoms in total. The molecule has 0 N–H and O–H groups in total. The van der Waals surface area contributed by atoms with Crippen LogP contribution in [0, 0.1) is 0 Å². The van der Waals surface area contributed by atoms with E-state index in [9.17, 15) is 38.4 Å². The molecule has 0 spiro atoms. The number of hydrogen-bond acceptors (Lipinski definition) is 18. The highest BCUT2D eigenvalue weighted by Crippen LogP contribution is 2.38. The van der Waals surface area contributed by atoms with Crippen LogP contribution in [-0.4, -0.2) is 107 Å². The van der Waals surface area contributed by atoms with Gasteiger partial charge in [0, 0.05) is 54.7 Å². The maximum absolute atomic E-state index is 13.5. The molecule has 0 aliphatic carbocycles. The first-order valence-electron chi connectivity index (χ1n) is 14.5. The van der Waals surface area contributed by atoms with Crippen LogP contribution in [-0.2, 0) is 76.2 Å². The first kappa shape index (κ1) is 37.5. The van der Waals surface area contributed by atoms with Gasteiger partial charge in [0.05, 0.1) is 5.69 Å². The zero-order chi connectivity index (χ0) is 35.9. The predicted octanol–water partition coefficient (Wildman–Crippen LogP) is -0.635. The fourth-order valence-electron chi connectivity index (χ4n) is 5.16. The Morgan fingerprint density at radius 3 is 1.48 bits per heavy atom. The molecule has 2 aliphatic rings.